The molecule has 9 heteroatoms. The number of hydrogen-bond acceptors (Lipinski definition) is 3. The van der Waals surface area contributed by atoms with Crippen LogP contribution in [0.5, 0.6) is 0 Å². The van der Waals surface area contributed by atoms with E-state index in [1.54, 1.807) is 11.1 Å². The molecule has 1 saturated carbocycles. The molecule has 4 rings (SSSR count). The van der Waals surface area contributed by atoms with Crippen molar-refractivity contribution in [3.05, 3.63) is 77.8 Å². The zero-order valence-corrected chi connectivity index (χ0v) is 22.8. The van der Waals surface area contributed by atoms with Crippen LogP contribution in [0.4, 0.5) is 18.0 Å². The molecule has 3 N–H and O–H groups in total. The molecule has 1 aliphatic carbocycles. The van der Waals surface area contributed by atoms with E-state index in [4.69, 9.17) is 10.7 Å². The van der Waals surface area contributed by atoms with Crippen molar-refractivity contribution in [2.75, 3.05) is 19.8 Å². The molecule has 0 bridgehead atoms. The van der Waals surface area contributed by atoms with Crippen molar-refractivity contribution in [3.63, 3.8) is 0 Å². The number of hydrogen-bond donors (Lipinski definition) is 2. The number of rotatable bonds is 11. The molecule has 0 aliphatic heterocycles. The zero-order chi connectivity index (χ0) is 28.2. The molecule has 2 unspecified atom stereocenters. The second-order valence-electron chi connectivity index (χ2n) is 11.5. The Morgan fingerprint density at radius 3 is 2.54 bits per heavy atom. The Bertz CT molecular complexity index is 1250. The van der Waals surface area contributed by atoms with Gasteiger partial charge in [-0.05, 0) is 54.4 Å². The molecule has 1 aliphatic rings. The van der Waals surface area contributed by atoms with Gasteiger partial charge < -0.3 is 20.5 Å². The first-order chi connectivity index (χ1) is 18.6. The molecule has 1 aromatic heterocycles. The normalized spacial score (nSPS) is 15.2. The quantitative estimate of drug-likeness (QED) is 0.309. The van der Waals surface area contributed by atoms with E-state index in [0.717, 1.165) is 36.6 Å². The van der Waals surface area contributed by atoms with Crippen LogP contribution in [0.15, 0.2) is 54.7 Å². The smallest absolute Gasteiger partial charge is 0.318 e. The van der Waals surface area contributed by atoms with E-state index < -0.39 is 35.8 Å². The van der Waals surface area contributed by atoms with Crippen molar-refractivity contribution in [1.82, 2.24) is 19.8 Å². The number of benzene rings is 2. The van der Waals surface area contributed by atoms with Crippen molar-refractivity contribution in [2.24, 2.45) is 17.1 Å². The second-order valence-corrected chi connectivity index (χ2v) is 11.5. The lowest BCUT2D eigenvalue weighted by Gasteiger charge is -2.40. The van der Waals surface area contributed by atoms with Gasteiger partial charge in [0.2, 0.25) is 0 Å². The van der Waals surface area contributed by atoms with Crippen molar-refractivity contribution in [2.45, 2.75) is 58.7 Å². The van der Waals surface area contributed by atoms with Gasteiger partial charge >= 0.3 is 6.03 Å². The maximum Gasteiger partial charge on any atom is 0.318 e. The third-order valence-corrected chi connectivity index (χ3v) is 7.02. The van der Waals surface area contributed by atoms with Crippen LogP contribution >= 0.6 is 0 Å². The minimum Gasteiger partial charge on any atom is -0.338 e. The van der Waals surface area contributed by atoms with Crippen molar-refractivity contribution >= 4 is 6.03 Å². The van der Waals surface area contributed by atoms with Crippen LogP contribution in [-0.4, -0.2) is 46.3 Å². The molecule has 0 saturated heterocycles. The fourth-order valence-electron chi connectivity index (χ4n) is 4.76. The molecule has 2 aromatic carbocycles. The second kappa shape index (κ2) is 12.2. The number of amides is 2. The van der Waals surface area contributed by atoms with Crippen LogP contribution < -0.4 is 11.1 Å². The number of halogens is 3. The Labute approximate surface area is 228 Å². The van der Waals surface area contributed by atoms with Gasteiger partial charge in [0, 0.05) is 37.4 Å². The lowest BCUT2D eigenvalue weighted by molar-refractivity contribution is 0.105. The number of alkyl halides is 1. The number of aromatic nitrogens is 2. The average Bonchev–Trinajstić information content (AvgIpc) is 3.65. The third kappa shape index (κ3) is 7.41. The van der Waals surface area contributed by atoms with Crippen LogP contribution in [0.3, 0.4) is 0 Å². The standard InChI is InChI=1S/C30H38F3N5O/c1-30(2,3)27(38(14-13-23(34)16-31)29(39)35-17-20-9-10-20)28-36-26(24-15-22(32)11-12-25(24)33)19-37(28)18-21-7-5-4-6-8-21/h4-8,11-12,15,19-20,23,27H,9-10,13-14,16-18,34H2,1-3H3,(H,35,39). The molecule has 39 heavy (non-hydrogen) atoms. The first kappa shape index (κ1) is 28.7. The Morgan fingerprint density at radius 2 is 1.90 bits per heavy atom. The molecule has 210 valence electrons. The predicted octanol–water partition coefficient (Wildman–Crippen LogP) is 6.07. The Balaban J connectivity index is 1.81. The summed E-state index contributed by atoms with van der Waals surface area (Å²) in [6.07, 6.45) is 4.14. The molecule has 0 radical (unpaired) electrons. The number of carbonyl (C=O) groups excluding carboxylic acids is 1. The topological polar surface area (TPSA) is 76.2 Å². The molecule has 3 aromatic rings. The summed E-state index contributed by atoms with van der Waals surface area (Å²) in [5.41, 5.74) is 6.69. The summed E-state index contributed by atoms with van der Waals surface area (Å²) in [6.45, 7) is 6.50. The fraction of sp³-hybridized carbons (Fsp3) is 0.467. The van der Waals surface area contributed by atoms with Gasteiger partial charge in [0.15, 0.2) is 0 Å². The molecule has 1 fully saturated rings. The van der Waals surface area contributed by atoms with Gasteiger partial charge in [-0.25, -0.2) is 22.9 Å². The van der Waals surface area contributed by atoms with Gasteiger partial charge in [0.25, 0.3) is 0 Å². The summed E-state index contributed by atoms with van der Waals surface area (Å²) >= 11 is 0. The minimum atomic E-state index is -0.703. The van der Waals surface area contributed by atoms with E-state index in [2.05, 4.69) is 5.32 Å². The first-order valence-corrected chi connectivity index (χ1v) is 13.5. The van der Waals surface area contributed by atoms with Crippen LogP contribution in [-0.2, 0) is 6.54 Å². The lowest BCUT2D eigenvalue weighted by atomic mass is 9.84. The van der Waals surface area contributed by atoms with E-state index >= 15 is 0 Å². The van der Waals surface area contributed by atoms with E-state index in [1.165, 1.54) is 0 Å². The fourth-order valence-corrected chi connectivity index (χ4v) is 4.76. The van der Waals surface area contributed by atoms with E-state index in [1.807, 2.05) is 55.7 Å². The number of nitrogens with one attached hydrogen (secondary N) is 1. The van der Waals surface area contributed by atoms with E-state index in [-0.39, 0.29) is 30.3 Å². The van der Waals surface area contributed by atoms with Crippen LogP contribution in [0.2, 0.25) is 0 Å². The summed E-state index contributed by atoms with van der Waals surface area (Å²) in [4.78, 5) is 20.1. The summed E-state index contributed by atoms with van der Waals surface area (Å²) in [5, 5.41) is 3.04. The number of nitrogens with two attached hydrogens (primary N) is 1. The van der Waals surface area contributed by atoms with Gasteiger partial charge in [0.05, 0.1) is 11.7 Å². The maximum absolute atomic E-state index is 14.8. The summed E-state index contributed by atoms with van der Waals surface area (Å²) < 4.78 is 44.2. The Hall–Kier alpha value is -3.33. The minimum absolute atomic E-state index is 0.0416. The van der Waals surface area contributed by atoms with Crippen LogP contribution in [0.1, 0.15) is 57.5 Å². The molecular weight excluding hydrogens is 503 g/mol. The van der Waals surface area contributed by atoms with Gasteiger partial charge in [-0.3, -0.25) is 0 Å². The van der Waals surface area contributed by atoms with Crippen molar-refractivity contribution in [3.8, 4) is 11.3 Å². The largest absolute Gasteiger partial charge is 0.338 e. The molecular formula is C30H38F3N5O. The highest BCUT2D eigenvalue weighted by atomic mass is 19.1. The molecule has 2 amide bonds. The lowest BCUT2D eigenvalue weighted by Crippen LogP contribution is -2.49. The van der Waals surface area contributed by atoms with Gasteiger partial charge in [0.1, 0.15) is 24.1 Å². The predicted molar refractivity (Wildman–Crippen MR) is 147 cm³/mol. The number of nitrogens with zero attached hydrogens (tertiary/aromatic N) is 3. The van der Waals surface area contributed by atoms with Gasteiger partial charge in [-0.15, -0.1) is 0 Å². The van der Waals surface area contributed by atoms with E-state index in [9.17, 15) is 18.0 Å². The summed E-state index contributed by atoms with van der Waals surface area (Å²) in [7, 11) is 0. The molecule has 6 nitrogen and oxygen atoms in total. The van der Waals surface area contributed by atoms with Crippen molar-refractivity contribution in [1.29, 1.82) is 0 Å². The first-order valence-electron chi connectivity index (χ1n) is 13.5. The number of carbonyl (C=O) groups is 1. The van der Waals surface area contributed by atoms with Gasteiger partial charge in [-0.1, -0.05) is 51.1 Å². The highest BCUT2D eigenvalue weighted by molar-refractivity contribution is 5.75. The van der Waals surface area contributed by atoms with Crippen molar-refractivity contribution < 1.29 is 18.0 Å². The van der Waals surface area contributed by atoms with Crippen LogP contribution in [0, 0.1) is 23.0 Å². The third-order valence-electron chi connectivity index (χ3n) is 7.02. The Morgan fingerprint density at radius 1 is 1.18 bits per heavy atom. The average molecular weight is 542 g/mol. The highest BCUT2D eigenvalue weighted by Crippen LogP contribution is 2.40. The SMILES string of the molecule is CC(C)(C)C(c1nc(-c2cc(F)ccc2F)cn1Cc1ccccc1)N(CCC(N)CF)C(=O)NCC1CC1. The maximum atomic E-state index is 14.8. The molecule has 1 heterocycles. The zero-order valence-electron chi connectivity index (χ0n) is 22.8. The summed E-state index contributed by atoms with van der Waals surface area (Å²) in [6, 6.07) is 11.4. The Kier molecular flexibility index (Phi) is 9.00. The summed E-state index contributed by atoms with van der Waals surface area (Å²) in [5.74, 6) is -0.160. The van der Waals surface area contributed by atoms with Gasteiger partial charge in [-0.2, -0.15) is 0 Å². The molecule has 0 spiro atoms. The van der Waals surface area contributed by atoms with Crippen LogP contribution in [0.25, 0.3) is 11.3 Å². The monoisotopic (exact) mass is 541 g/mol. The number of urea groups is 1. The molecule has 2 atom stereocenters. The highest BCUT2D eigenvalue weighted by Gasteiger charge is 2.39. The van der Waals surface area contributed by atoms with E-state index in [0.29, 0.717) is 24.8 Å². The number of imidazole rings is 1.